The van der Waals surface area contributed by atoms with Crippen molar-refractivity contribution >= 4 is 11.0 Å². The Bertz CT molecular complexity index is 514. The predicted molar refractivity (Wildman–Crippen MR) is 65.7 cm³/mol. The molecular weight excluding hydrogens is 200 g/mol. The van der Waals surface area contributed by atoms with Crippen molar-refractivity contribution in [3.8, 4) is 0 Å². The van der Waals surface area contributed by atoms with Crippen LogP contribution >= 0.6 is 0 Å². The van der Waals surface area contributed by atoms with Crippen LogP contribution in [0.2, 0.25) is 0 Å². The van der Waals surface area contributed by atoms with Crippen LogP contribution in [-0.2, 0) is 13.0 Å². The number of aryl methyl sites for hydroxylation is 3. The molecule has 0 amide bonds. The number of hydrogen-bond donors (Lipinski definition) is 1. The summed E-state index contributed by atoms with van der Waals surface area (Å²) in [6, 6.07) is 4.28. The SMILES string of the molecule is CCc1nc2cc(C)c(C)cc2n1CCO. The zero-order valence-corrected chi connectivity index (χ0v) is 10.1. The summed E-state index contributed by atoms with van der Waals surface area (Å²) >= 11 is 0. The van der Waals surface area contributed by atoms with Gasteiger partial charge in [0.15, 0.2) is 0 Å². The van der Waals surface area contributed by atoms with Crippen LogP contribution in [0.25, 0.3) is 11.0 Å². The van der Waals surface area contributed by atoms with E-state index in [0.29, 0.717) is 6.54 Å². The maximum absolute atomic E-state index is 9.09. The first-order valence-electron chi connectivity index (χ1n) is 5.74. The van der Waals surface area contributed by atoms with Gasteiger partial charge >= 0.3 is 0 Å². The van der Waals surface area contributed by atoms with Gasteiger partial charge in [-0.25, -0.2) is 4.98 Å². The molecule has 1 aromatic heterocycles. The second kappa shape index (κ2) is 4.26. The van der Waals surface area contributed by atoms with Gasteiger partial charge in [-0.3, -0.25) is 0 Å². The van der Waals surface area contributed by atoms with Gasteiger partial charge in [0.05, 0.1) is 17.6 Å². The maximum Gasteiger partial charge on any atom is 0.109 e. The van der Waals surface area contributed by atoms with E-state index in [4.69, 9.17) is 5.11 Å². The largest absolute Gasteiger partial charge is 0.395 e. The molecule has 0 aliphatic heterocycles. The zero-order chi connectivity index (χ0) is 11.7. The third kappa shape index (κ3) is 1.71. The lowest BCUT2D eigenvalue weighted by atomic mass is 10.1. The lowest BCUT2D eigenvalue weighted by Gasteiger charge is -2.06. The summed E-state index contributed by atoms with van der Waals surface area (Å²) in [6.07, 6.45) is 0.896. The van der Waals surface area contributed by atoms with Gasteiger partial charge in [-0.05, 0) is 37.1 Å². The van der Waals surface area contributed by atoms with E-state index in [2.05, 4.69) is 42.5 Å². The highest BCUT2D eigenvalue weighted by atomic mass is 16.3. The van der Waals surface area contributed by atoms with E-state index in [1.165, 1.54) is 11.1 Å². The van der Waals surface area contributed by atoms with E-state index in [1.807, 2.05) is 0 Å². The zero-order valence-electron chi connectivity index (χ0n) is 10.1. The van der Waals surface area contributed by atoms with Crippen LogP contribution in [0.5, 0.6) is 0 Å². The van der Waals surface area contributed by atoms with E-state index in [9.17, 15) is 0 Å². The molecular formula is C13H18N2O. The number of fused-ring (bicyclic) bond motifs is 1. The fourth-order valence-corrected chi connectivity index (χ4v) is 2.05. The van der Waals surface area contributed by atoms with Crippen molar-refractivity contribution in [2.75, 3.05) is 6.61 Å². The van der Waals surface area contributed by atoms with Crippen LogP contribution < -0.4 is 0 Å². The van der Waals surface area contributed by atoms with Crippen LogP contribution in [0.3, 0.4) is 0 Å². The number of imidazole rings is 1. The third-order valence-electron chi connectivity index (χ3n) is 3.08. The van der Waals surface area contributed by atoms with Gasteiger partial charge in [0, 0.05) is 13.0 Å². The van der Waals surface area contributed by atoms with Gasteiger partial charge < -0.3 is 9.67 Å². The highest BCUT2D eigenvalue weighted by Gasteiger charge is 2.09. The van der Waals surface area contributed by atoms with Crippen molar-refractivity contribution in [2.45, 2.75) is 33.7 Å². The Kier molecular flexibility index (Phi) is 2.97. The topological polar surface area (TPSA) is 38.0 Å². The molecule has 0 aliphatic carbocycles. The van der Waals surface area contributed by atoms with Crippen molar-refractivity contribution in [3.05, 3.63) is 29.1 Å². The minimum absolute atomic E-state index is 0.158. The Morgan fingerprint density at radius 1 is 1.25 bits per heavy atom. The van der Waals surface area contributed by atoms with Gasteiger partial charge in [0.1, 0.15) is 5.82 Å². The predicted octanol–water partition coefficient (Wildman–Crippen LogP) is 2.21. The second-order valence-electron chi connectivity index (χ2n) is 4.18. The molecule has 2 rings (SSSR count). The van der Waals surface area contributed by atoms with Crippen molar-refractivity contribution in [1.29, 1.82) is 0 Å². The Hall–Kier alpha value is -1.35. The highest BCUT2D eigenvalue weighted by molar-refractivity contribution is 5.78. The van der Waals surface area contributed by atoms with E-state index in [-0.39, 0.29) is 6.61 Å². The van der Waals surface area contributed by atoms with Crippen molar-refractivity contribution in [1.82, 2.24) is 9.55 Å². The smallest absolute Gasteiger partial charge is 0.109 e. The first-order chi connectivity index (χ1) is 7.67. The van der Waals surface area contributed by atoms with Gasteiger partial charge in [0.2, 0.25) is 0 Å². The molecule has 3 heteroatoms. The summed E-state index contributed by atoms with van der Waals surface area (Å²) in [5.41, 5.74) is 4.71. The summed E-state index contributed by atoms with van der Waals surface area (Å²) in [7, 11) is 0. The number of rotatable bonds is 3. The minimum atomic E-state index is 0.158. The van der Waals surface area contributed by atoms with E-state index in [0.717, 1.165) is 23.3 Å². The standard InChI is InChI=1S/C13H18N2O/c1-4-13-14-11-7-9(2)10(3)8-12(11)15(13)5-6-16/h7-8,16H,4-6H2,1-3H3. The molecule has 2 aromatic rings. The molecule has 0 radical (unpaired) electrons. The molecule has 3 nitrogen and oxygen atoms in total. The average molecular weight is 218 g/mol. The second-order valence-corrected chi connectivity index (χ2v) is 4.18. The summed E-state index contributed by atoms with van der Waals surface area (Å²) < 4.78 is 2.11. The number of hydrogen-bond acceptors (Lipinski definition) is 2. The first kappa shape index (κ1) is 11.1. The normalized spacial score (nSPS) is 11.2. The van der Waals surface area contributed by atoms with Gasteiger partial charge in [0.25, 0.3) is 0 Å². The molecule has 1 N–H and O–H groups in total. The highest BCUT2D eigenvalue weighted by Crippen LogP contribution is 2.20. The molecule has 0 fully saturated rings. The summed E-state index contributed by atoms with van der Waals surface area (Å²) in [5, 5.41) is 9.09. The number of aliphatic hydroxyl groups is 1. The van der Waals surface area contributed by atoms with E-state index in [1.54, 1.807) is 0 Å². The van der Waals surface area contributed by atoms with Gasteiger partial charge in [-0.1, -0.05) is 6.92 Å². The quantitative estimate of drug-likeness (QED) is 0.857. The Balaban J connectivity index is 2.69. The lowest BCUT2D eigenvalue weighted by Crippen LogP contribution is -2.06. The molecule has 1 aromatic carbocycles. The molecule has 0 aliphatic rings. The molecule has 0 unspecified atom stereocenters. The fourth-order valence-electron chi connectivity index (χ4n) is 2.05. The minimum Gasteiger partial charge on any atom is -0.395 e. The average Bonchev–Trinajstić information content (AvgIpc) is 2.58. The number of nitrogens with zero attached hydrogens (tertiary/aromatic N) is 2. The van der Waals surface area contributed by atoms with Crippen LogP contribution in [0.15, 0.2) is 12.1 Å². The monoisotopic (exact) mass is 218 g/mol. The molecule has 0 saturated carbocycles. The maximum atomic E-state index is 9.09. The molecule has 0 atom stereocenters. The Morgan fingerprint density at radius 3 is 2.56 bits per heavy atom. The summed E-state index contributed by atoms with van der Waals surface area (Å²) in [4.78, 5) is 4.60. The van der Waals surface area contributed by atoms with Gasteiger partial charge in [-0.15, -0.1) is 0 Å². The van der Waals surface area contributed by atoms with Crippen molar-refractivity contribution in [2.24, 2.45) is 0 Å². The van der Waals surface area contributed by atoms with Crippen LogP contribution in [0, 0.1) is 13.8 Å². The number of aromatic nitrogens is 2. The van der Waals surface area contributed by atoms with E-state index >= 15 is 0 Å². The van der Waals surface area contributed by atoms with Crippen molar-refractivity contribution < 1.29 is 5.11 Å². The van der Waals surface area contributed by atoms with Gasteiger partial charge in [-0.2, -0.15) is 0 Å². The molecule has 0 saturated heterocycles. The summed E-state index contributed by atoms with van der Waals surface area (Å²) in [5.74, 6) is 1.05. The van der Waals surface area contributed by atoms with E-state index < -0.39 is 0 Å². The first-order valence-corrected chi connectivity index (χ1v) is 5.74. The van der Waals surface area contributed by atoms with Crippen LogP contribution in [-0.4, -0.2) is 21.3 Å². The van der Waals surface area contributed by atoms with Crippen LogP contribution in [0.4, 0.5) is 0 Å². The molecule has 86 valence electrons. The Labute approximate surface area is 95.7 Å². The van der Waals surface area contributed by atoms with Crippen molar-refractivity contribution in [3.63, 3.8) is 0 Å². The number of benzene rings is 1. The van der Waals surface area contributed by atoms with Crippen LogP contribution in [0.1, 0.15) is 23.9 Å². The third-order valence-corrected chi connectivity index (χ3v) is 3.08. The summed E-state index contributed by atoms with van der Waals surface area (Å²) in [6.45, 7) is 7.09. The molecule has 16 heavy (non-hydrogen) atoms. The molecule has 1 heterocycles. The molecule has 0 spiro atoms. The molecule has 0 bridgehead atoms. The number of aliphatic hydroxyl groups excluding tert-OH is 1. The lowest BCUT2D eigenvalue weighted by molar-refractivity contribution is 0.276. The Morgan fingerprint density at radius 2 is 1.94 bits per heavy atom. The fraction of sp³-hybridized carbons (Fsp3) is 0.462.